The second-order valence-corrected chi connectivity index (χ2v) is 3.43. The van der Waals surface area contributed by atoms with Crippen LogP contribution in [0.3, 0.4) is 0 Å². The molecule has 0 atom stereocenters. The molecule has 0 fully saturated rings. The van der Waals surface area contributed by atoms with Gasteiger partial charge >= 0.3 is 0 Å². The van der Waals surface area contributed by atoms with Crippen molar-refractivity contribution < 1.29 is 9.90 Å². The molecule has 76 valence electrons. The average Bonchev–Trinajstić information content (AvgIpc) is 2.20. The molecule has 0 saturated carbocycles. The molecule has 2 N–H and O–H groups in total. The van der Waals surface area contributed by atoms with Gasteiger partial charge in [0.2, 0.25) is 0 Å². The monoisotopic (exact) mass is 258 g/mol. The van der Waals surface area contributed by atoms with Crippen LogP contribution in [-0.2, 0) is 6.42 Å². The zero-order valence-corrected chi connectivity index (χ0v) is 9.34. The topological polar surface area (TPSA) is 62.2 Å². The lowest BCUT2D eigenvalue weighted by atomic mass is 10.1. The molecule has 0 aromatic carbocycles. The predicted octanol–water partition coefficient (Wildman–Crippen LogP) is 0.738. The van der Waals surface area contributed by atoms with Gasteiger partial charge in [0.25, 0.3) is 5.91 Å². The van der Waals surface area contributed by atoms with Crippen LogP contribution in [0, 0.1) is 0 Å². The van der Waals surface area contributed by atoms with Crippen LogP contribution >= 0.6 is 15.9 Å². The van der Waals surface area contributed by atoms with Gasteiger partial charge in [-0.25, -0.2) is 4.98 Å². The number of nitrogens with zero attached hydrogens (tertiary/aromatic N) is 1. The van der Waals surface area contributed by atoms with Gasteiger partial charge in [-0.3, -0.25) is 4.79 Å². The highest BCUT2D eigenvalue weighted by atomic mass is 79.9. The molecule has 0 saturated heterocycles. The minimum atomic E-state index is -0.170. The number of aromatic nitrogens is 1. The normalized spacial score (nSPS) is 9.93. The Labute approximate surface area is 90.5 Å². The molecule has 0 aliphatic rings. The van der Waals surface area contributed by atoms with Crippen molar-refractivity contribution in [1.82, 2.24) is 10.3 Å². The molecule has 0 radical (unpaired) electrons. The maximum atomic E-state index is 11.4. The number of aliphatic hydroxyl groups is 1. The van der Waals surface area contributed by atoms with E-state index in [0.717, 1.165) is 5.56 Å². The lowest BCUT2D eigenvalue weighted by molar-refractivity contribution is 0.0961. The molecule has 0 aliphatic heterocycles. The fourth-order valence-corrected chi connectivity index (χ4v) is 1.69. The lowest BCUT2D eigenvalue weighted by Gasteiger charge is -2.07. The van der Waals surface area contributed by atoms with Gasteiger partial charge in [0.15, 0.2) is 0 Å². The number of carbonyl (C=O) groups excluding carboxylic acids is 1. The van der Waals surface area contributed by atoms with E-state index in [2.05, 4.69) is 26.2 Å². The Hall–Kier alpha value is -0.940. The van der Waals surface area contributed by atoms with Crippen molar-refractivity contribution >= 4 is 21.8 Å². The minimum absolute atomic E-state index is 0.00567. The maximum absolute atomic E-state index is 11.4. The van der Waals surface area contributed by atoms with Crippen LogP contribution in [0.25, 0.3) is 0 Å². The fraction of sp³-hybridized carbons (Fsp3) is 0.333. The highest BCUT2D eigenvalue weighted by Gasteiger charge is 2.12. The lowest BCUT2D eigenvalue weighted by Crippen LogP contribution is -2.20. The van der Waals surface area contributed by atoms with Gasteiger partial charge < -0.3 is 10.4 Å². The van der Waals surface area contributed by atoms with Gasteiger partial charge in [-0.15, -0.1) is 0 Å². The Bertz CT molecular complexity index is 342. The summed E-state index contributed by atoms with van der Waals surface area (Å²) in [7, 11) is 1.57. The molecule has 1 rings (SSSR count). The standard InChI is InChI=1S/C9H11BrN2O2/c1-11-9(14)7-2-4-12-8(10)6(7)3-5-13/h2,4,13H,3,5H2,1H3,(H,11,14). The highest BCUT2D eigenvalue weighted by molar-refractivity contribution is 9.10. The molecular formula is C9H11BrN2O2. The summed E-state index contributed by atoms with van der Waals surface area (Å²) in [6.45, 7) is -0.00567. The minimum Gasteiger partial charge on any atom is -0.396 e. The number of pyridine rings is 1. The number of rotatable bonds is 3. The fourth-order valence-electron chi connectivity index (χ4n) is 1.16. The Balaban J connectivity index is 3.13. The quantitative estimate of drug-likeness (QED) is 0.787. The molecule has 1 amide bonds. The second kappa shape index (κ2) is 5.07. The molecule has 1 aromatic rings. The van der Waals surface area contributed by atoms with Gasteiger partial charge in [0.05, 0.1) is 0 Å². The van der Waals surface area contributed by atoms with Crippen molar-refractivity contribution in [2.45, 2.75) is 6.42 Å². The average molecular weight is 259 g/mol. The zero-order valence-electron chi connectivity index (χ0n) is 7.75. The first-order valence-electron chi connectivity index (χ1n) is 4.17. The zero-order chi connectivity index (χ0) is 10.6. The van der Waals surface area contributed by atoms with Crippen molar-refractivity contribution in [1.29, 1.82) is 0 Å². The van der Waals surface area contributed by atoms with Crippen LogP contribution < -0.4 is 5.32 Å². The first-order chi connectivity index (χ1) is 6.70. The van der Waals surface area contributed by atoms with Crippen LogP contribution in [-0.4, -0.2) is 29.7 Å². The largest absolute Gasteiger partial charge is 0.396 e. The smallest absolute Gasteiger partial charge is 0.251 e. The number of amides is 1. The Morgan fingerprint density at radius 1 is 1.71 bits per heavy atom. The van der Waals surface area contributed by atoms with Gasteiger partial charge in [-0.1, -0.05) is 0 Å². The number of hydrogen-bond donors (Lipinski definition) is 2. The number of hydrogen-bond acceptors (Lipinski definition) is 3. The summed E-state index contributed by atoms with van der Waals surface area (Å²) in [5.74, 6) is -0.170. The number of nitrogens with one attached hydrogen (secondary N) is 1. The van der Waals surface area contributed by atoms with Crippen molar-refractivity contribution in [3.63, 3.8) is 0 Å². The van der Waals surface area contributed by atoms with E-state index in [-0.39, 0.29) is 12.5 Å². The third-order valence-electron chi connectivity index (χ3n) is 1.84. The molecule has 0 unspecified atom stereocenters. The Morgan fingerprint density at radius 2 is 2.43 bits per heavy atom. The SMILES string of the molecule is CNC(=O)c1ccnc(Br)c1CCO. The van der Waals surface area contributed by atoms with E-state index in [4.69, 9.17) is 5.11 Å². The summed E-state index contributed by atoms with van der Waals surface area (Å²) in [6.07, 6.45) is 1.96. The summed E-state index contributed by atoms with van der Waals surface area (Å²) < 4.78 is 0.604. The van der Waals surface area contributed by atoms with Crippen LogP contribution in [0.4, 0.5) is 0 Å². The maximum Gasteiger partial charge on any atom is 0.251 e. The van der Waals surface area contributed by atoms with Crippen molar-refractivity contribution in [3.05, 3.63) is 28.0 Å². The summed E-state index contributed by atoms with van der Waals surface area (Å²) >= 11 is 3.24. The van der Waals surface area contributed by atoms with Crippen molar-refractivity contribution in [3.8, 4) is 0 Å². The van der Waals surface area contributed by atoms with Gasteiger partial charge in [-0.2, -0.15) is 0 Å². The van der Waals surface area contributed by atoms with E-state index >= 15 is 0 Å². The molecule has 0 spiro atoms. The molecule has 1 aromatic heterocycles. The van der Waals surface area contributed by atoms with Gasteiger partial charge in [0, 0.05) is 25.4 Å². The number of carbonyl (C=O) groups is 1. The third-order valence-corrected chi connectivity index (χ3v) is 2.52. The van der Waals surface area contributed by atoms with Crippen LogP contribution in [0.1, 0.15) is 15.9 Å². The van der Waals surface area contributed by atoms with Crippen LogP contribution in [0.2, 0.25) is 0 Å². The Morgan fingerprint density at radius 3 is 3.00 bits per heavy atom. The van der Waals surface area contributed by atoms with Crippen molar-refractivity contribution in [2.24, 2.45) is 0 Å². The summed E-state index contributed by atoms with van der Waals surface area (Å²) in [5, 5.41) is 11.4. The molecule has 0 aliphatic carbocycles. The molecule has 4 nitrogen and oxygen atoms in total. The highest BCUT2D eigenvalue weighted by Crippen LogP contribution is 2.18. The van der Waals surface area contributed by atoms with Gasteiger partial charge in [0.1, 0.15) is 4.60 Å². The van der Waals surface area contributed by atoms with E-state index in [1.54, 1.807) is 19.3 Å². The molecule has 1 heterocycles. The predicted molar refractivity (Wildman–Crippen MR) is 56.1 cm³/mol. The summed E-state index contributed by atoms with van der Waals surface area (Å²) in [4.78, 5) is 15.4. The summed E-state index contributed by atoms with van der Waals surface area (Å²) in [5.41, 5.74) is 1.28. The van der Waals surface area contributed by atoms with Crippen molar-refractivity contribution in [2.75, 3.05) is 13.7 Å². The number of halogens is 1. The third kappa shape index (κ3) is 2.30. The number of aliphatic hydroxyl groups excluding tert-OH is 1. The van der Waals surface area contributed by atoms with Gasteiger partial charge in [-0.05, 0) is 34.0 Å². The van der Waals surface area contributed by atoms with Crippen LogP contribution in [0.15, 0.2) is 16.9 Å². The van der Waals surface area contributed by atoms with E-state index < -0.39 is 0 Å². The first-order valence-corrected chi connectivity index (χ1v) is 4.96. The van der Waals surface area contributed by atoms with Crippen LogP contribution in [0.5, 0.6) is 0 Å². The summed E-state index contributed by atoms with van der Waals surface area (Å²) in [6, 6.07) is 1.63. The molecule has 14 heavy (non-hydrogen) atoms. The molecule has 0 bridgehead atoms. The van der Waals surface area contributed by atoms with E-state index in [9.17, 15) is 4.79 Å². The second-order valence-electron chi connectivity index (χ2n) is 2.68. The first kappa shape index (κ1) is 11.1. The van der Waals surface area contributed by atoms with E-state index in [1.165, 1.54) is 0 Å². The van der Waals surface area contributed by atoms with E-state index in [0.29, 0.717) is 16.6 Å². The Kier molecular flexibility index (Phi) is 4.03. The molecule has 5 heteroatoms. The van der Waals surface area contributed by atoms with E-state index in [1.807, 2.05) is 0 Å². The molecular weight excluding hydrogens is 248 g/mol.